The first-order valence-electron chi connectivity index (χ1n) is 33.2. The van der Waals surface area contributed by atoms with Crippen molar-refractivity contribution in [2.75, 3.05) is 62.5 Å². The van der Waals surface area contributed by atoms with E-state index in [9.17, 15) is 48.3 Å². The first-order chi connectivity index (χ1) is 43.0. The number of carbonyl (C=O) groups excluding carboxylic acids is 12. The van der Waals surface area contributed by atoms with Gasteiger partial charge in [-0.1, -0.05) is 95.2 Å². The van der Waals surface area contributed by atoms with Gasteiger partial charge in [0.2, 0.25) is 65.0 Å². The number of aliphatic hydroxyl groups excluding tert-OH is 1. The lowest BCUT2D eigenvalue weighted by molar-refractivity contribution is -0.157. The number of rotatable bonds is 20. The number of hydrogen-bond acceptors (Lipinski definition) is 15. The van der Waals surface area contributed by atoms with Crippen LogP contribution in [0, 0.1) is 35.5 Å². The van der Waals surface area contributed by atoms with Crippen LogP contribution in [0.1, 0.15) is 170 Å². The number of ether oxygens (including phenoxy) is 2. The van der Waals surface area contributed by atoms with E-state index in [4.69, 9.17) is 9.47 Å². The average molecular weight is 1320 g/mol. The maximum Gasteiger partial charge on any atom is 0.302 e. The Balaban J connectivity index is 4.43. The van der Waals surface area contributed by atoms with Gasteiger partial charge in [-0.25, -0.2) is 0 Å². The van der Waals surface area contributed by atoms with Gasteiger partial charge in [0.15, 0.2) is 0 Å². The Labute approximate surface area is 555 Å². The van der Waals surface area contributed by atoms with Crippen molar-refractivity contribution in [1.29, 1.82) is 0 Å². The van der Waals surface area contributed by atoms with Crippen molar-refractivity contribution in [3.63, 3.8) is 0 Å². The number of aliphatic hydroxyl groups is 1. The van der Waals surface area contributed by atoms with E-state index < -0.39 is 167 Å². The predicted octanol–water partition coefficient (Wildman–Crippen LogP) is 3.36. The van der Waals surface area contributed by atoms with Crippen LogP contribution in [-0.4, -0.2) is 252 Å². The van der Waals surface area contributed by atoms with Crippen LogP contribution in [0.15, 0.2) is 12.2 Å². The molecular weight excluding hydrogens is 1200 g/mol. The van der Waals surface area contributed by atoms with E-state index in [1.807, 2.05) is 41.5 Å². The zero-order chi connectivity index (χ0) is 72.0. The minimum absolute atomic E-state index is 0.0310. The third-order valence-corrected chi connectivity index (χ3v) is 17.5. The van der Waals surface area contributed by atoms with Crippen LogP contribution in [-0.2, 0) is 67.0 Å². The number of carbonyl (C=O) groups is 12. The van der Waals surface area contributed by atoms with Crippen LogP contribution in [0.4, 0.5) is 0 Å². The number of esters is 1. The van der Waals surface area contributed by atoms with Gasteiger partial charge in [0.1, 0.15) is 66.5 Å². The molecule has 11 amide bonds. The third-order valence-electron chi connectivity index (χ3n) is 17.5. The number of hydrogen-bond donors (Lipinski definition) is 5. The Morgan fingerprint density at radius 2 is 0.946 bits per heavy atom. The SMILES string of the molecule is C/C=C/C[C@@H](C)[C@@H](O)[C@H]1C(=O)N[C@@H](CC)C(=O)N(C)[C@H](C)C(=O)N(C)[C@@H]([C@@H](C)OCCCCOC(C)=O)C(=O)N[C@@H](C(C)C)C(=O)N(C)[C@H](CC(C)C)C(=O)N[C@@H](C)C(=O)N[C@@H](C)C(=O)N(C)[C@@H](CC(C)C)C(=O)N(C)[C@H](CC(C)C)C(=O)N(C)[C@@H](C(C)C)C(=O)N1C. The summed E-state index contributed by atoms with van der Waals surface area (Å²) in [5.41, 5.74) is 0. The zero-order valence-electron chi connectivity index (χ0n) is 60.8. The minimum Gasteiger partial charge on any atom is -0.466 e. The molecule has 0 unspecified atom stereocenters. The van der Waals surface area contributed by atoms with Crippen LogP contribution in [0.5, 0.6) is 0 Å². The molecule has 5 N–H and O–H groups in total. The number of nitrogens with one attached hydrogen (secondary N) is 4. The molecule has 1 fully saturated rings. The highest BCUT2D eigenvalue weighted by molar-refractivity contribution is 6.00. The Kier molecular flexibility index (Phi) is 35.6. The monoisotopic (exact) mass is 1320 g/mol. The van der Waals surface area contributed by atoms with Crippen molar-refractivity contribution >= 4 is 70.9 Å². The van der Waals surface area contributed by atoms with Crippen LogP contribution in [0.2, 0.25) is 0 Å². The molecule has 0 aromatic carbocycles. The van der Waals surface area contributed by atoms with Gasteiger partial charge >= 0.3 is 5.97 Å². The average Bonchev–Trinajstić information content (AvgIpc) is 0.824. The minimum atomic E-state index is -1.66. The van der Waals surface area contributed by atoms with E-state index in [0.29, 0.717) is 12.8 Å². The first kappa shape index (κ1) is 84.3. The molecule has 26 heteroatoms. The molecule has 0 spiro atoms. The van der Waals surface area contributed by atoms with Crippen molar-refractivity contribution < 1.29 is 72.1 Å². The van der Waals surface area contributed by atoms with E-state index in [-0.39, 0.29) is 63.1 Å². The van der Waals surface area contributed by atoms with Gasteiger partial charge in [0, 0.05) is 62.9 Å². The maximum absolute atomic E-state index is 15.3. The van der Waals surface area contributed by atoms with Gasteiger partial charge in [-0.2, -0.15) is 0 Å². The van der Waals surface area contributed by atoms with Gasteiger partial charge < -0.3 is 70.1 Å². The van der Waals surface area contributed by atoms with Gasteiger partial charge in [-0.05, 0) is 115 Å². The van der Waals surface area contributed by atoms with Gasteiger partial charge in [0.25, 0.3) is 0 Å². The topological polar surface area (TPSA) is 314 Å². The molecule has 93 heavy (non-hydrogen) atoms. The summed E-state index contributed by atoms with van der Waals surface area (Å²) in [5.74, 6) is -10.9. The summed E-state index contributed by atoms with van der Waals surface area (Å²) in [4.78, 5) is 182. The molecule has 14 atom stereocenters. The highest BCUT2D eigenvalue weighted by Crippen LogP contribution is 2.26. The lowest BCUT2D eigenvalue weighted by Crippen LogP contribution is -2.64. The van der Waals surface area contributed by atoms with E-state index in [0.717, 1.165) is 14.7 Å². The zero-order valence-corrected chi connectivity index (χ0v) is 60.8. The third kappa shape index (κ3) is 24.2. The normalized spacial score (nSPS) is 26.6. The highest BCUT2D eigenvalue weighted by Gasteiger charge is 2.46. The Bertz CT molecular complexity index is 2560. The summed E-state index contributed by atoms with van der Waals surface area (Å²) in [6, 6.07) is -14.4. The second-order valence-corrected chi connectivity index (χ2v) is 27.4. The molecule has 0 radical (unpaired) electrons. The lowest BCUT2D eigenvalue weighted by Gasteiger charge is -2.41. The highest BCUT2D eigenvalue weighted by atomic mass is 16.5. The van der Waals surface area contributed by atoms with Crippen LogP contribution in [0.25, 0.3) is 0 Å². The molecule has 0 bridgehead atoms. The van der Waals surface area contributed by atoms with Crippen LogP contribution in [0.3, 0.4) is 0 Å². The van der Waals surface area contributed by atoms with Gasteiger partial charge in [0.05, 0.1) is 18.8 Å². The fraction of sp³-hybridized carbons (Fsp3) is 0.791. The van der Waals surface area contributed by atoms with E-state index in [1.54, 1.807) is 67.5 Å². The first-order valence-corrected chi connectivity index (χ1v) is 33.2. The molecule has 0 aromatic rings. The summed E-state index contributed by atoms with van der Waals surface area (Å²) in [5, 5.41) is 23.1. The molecular formula is C67H119N11O15. The van der Waals surface area contributed by atoms with E-state index in [1.165, 1.54) is 96.6 Å². The number of unbranched alkanes of at least 4 members (excludes halogenated alkanes) is 1. The smallest absolute Gasteiger partial charge is 0.302 e. The summed E-state index contributed by atoms with van der Waals surface area (Å²) < 4.78 is 11.2. The van der Waals surface area contributed by atoms with E-state index in [2.05, 4.69) is 21.3 Å². The van der Waals surface area contributed by atoms with Crippen LogP contribution >= 0.6 is 0 Å². The summed E-state index contributed by atoms with van der Waals surface area (Å²) in [6.45, 7) is 30.3. The second-order valence-electron chi connectivity index (χ2n) is 27.4. The van der Waals surface area contributed by atoms with Gasteiger partial charge in [-0.3, -0.25) is 57.5 Å². The number of allylic oxidation sites excluding steroid dienone is 2. The Morgan fingerprint density at radius 3 is 1.43 bits per heavy atom. The molecule has 26 nitrogen and oxygen atoms in total. The molecule has 0 aromatic heterocycles. The fourth-order valence-electron chi connectivity index (χ4n) is 11.5. The standard InChI is InChI=1S/C67H119N11O15/c1-26-28-31-42(13)56(80)55-60(84)70-48(27-2)63(87)72(19)45(16)62(86)77(24)54(46(17)92-32-29-30-33-93-47(18)79)59(83)71-52(40(9)10)66(90)73(20)49(34-37(3)4)58(82)68-43(14)57(81)69-44(15)61(85)74(21)50(35-38(5)6)64(88)75(22)51(36-39(7)8)65(89)76(23)53(41(11)12)67(91)78(55)25/h26,28,37-46,48-56,80H,27,29-36H2,1-25H3,(H,68,82)(H,69,81)(H,70,84)(H,71,83)/b28-26+/t42-,43+,44+,45-,46-,48+,49-,50+,51-,52+,53+,54+,55+,56-/m1/s1. The molecule has 1 aliphatic rings. The van der Waals surface area contributed by atoms with E-state index >= 15 is 14.4 Å². The molecule has 1 rings (SSSR count). The second kappa shape index (κ2) is 39.2. The summed E-state index contributed by atoms with van der Waals surface area (Å²) >= 11 is 0. The summed E-state index contributed by atoms with van der Waals surface area (Å²) in [7, 11) is 9.74. The lowest BCUT2D eigenvalue weighted by atomic mass is 9.91. The molecule has 532 valence electrons. The number of likely N-dealkylation sites (N-methyl/N-ethyl adjacent to an activating group) is 7. The maximum atomic E-state index is 15.3. The predicted molar refractivity (Wildman–Crippen MR) is 355 cm³/mol. The van der Waals surface area contributed by atoms with Crippen molar-refractivity contribution in [1.82, 2.24) is 55.6 Å². The quantitative estimate of drug-likeness (QED) is 0.0663. The molecule has 1 saturated heterocycles. The number of amides is 11. The largest absolute Gasteiger partial charge is 0.466 e. The fourth-order valence-corrected chi connectivity index (χ4v) is 11.5. The van der Waals surface area contributed by atoms with Crippen molar-refractivity contribution in [3.8, 4) is 0 Å². The van der Waals surface area contributed by atoms with Crippen molar-refractivity contribution in [2.45, 2.75) is 248 Å². The summed E-state index contributed by atoms with van der Waals surface area (Å²) in [6.07, 6.45) is 2.38. The molecule has 1 heterocycles. The Hall–Kier alpha value is -6.70. The molecule has 0 saturated carbocycles. The van der Waals surface area contributed by atoms with Crippen molar-refractivity contribution in [2.24, 2.45) is 35.5 Å². The van der Waals surface area contributed by atoms with Crippen LogP contribution < -0.4 is 21.3 Å². The number of nitrogens with zero attached hydrogens (tertiary/aromatic N) is 7. The van der Waals surface area contributed by atoms with Crippen molar-refractivity contribution in [3.05, 3.63) is 12.2 Å². The molecule has 0 aliphatic carbocycles. The Morgan fingerprint density at radius 1 is 0.495 bits per heavy atom. The molecule has 1 aliphatic heterocycles. The van der Waals surface area contributed by atoms with Gasteiger partial charge in [-0.15, -0.1) is 0 Å².